The lowest BCUT2D eigenvalue weighted by Crippen LogP contribution is -1.84. The van der Waals surface area contributed by atoms with Crippen LogP contribution in [0.25, 0.3) is 11.0 Å². The van der Waals surface area contributed by atoms with Crippen molar-refractivity contribution in [1.82, 2.24) is 9.97 Å². The number of nitrogens with zero attached hydrogens (tertiary/aromatic N) is 1. The number of H-pyrrole nitrogens is 1. The Kier molecular flexibility index (Phi) is 6.79. The van der Waals surface area contributed by atoms with Crippen molar-refractivity contribution in [2.45, 2.75) is 43.7 Å². The van der Waals surface area contributed by atoms with Gasteiger partial charge in [0.15, 0.2) is 5.16 Å². The van der Waals surface area contributed by atoms with Crippen molar-refractivity contribution < 1.29 is 0 Å². The van der Waals surface area contributed by atoms with Gasteiger partial charge in [0.1, 0.15) is 0 Å². The molecule has 0 saturated heterocycles. The maximum atomic E-state index is 4.57. The number of para-hydroxylation sites is 2. The molecule has 104 valence electrons. The lowest BCUT2D eigenvalue weighted by Gasteiger charge is -2.00. The van der Waals surface area contributed by atoms with Crippen LogP contribution < -0.4 is 0 Å². The number of hydrogen-bond acceptors (Lipinski definition) is 2. The molecular weight excluding hydrogens is 320 g/mol. The summed E-state index contributed by atoms with van der Waals surface area (Å²) in [6.07, 6.45) is 8.05. The highest BCUT2D eigenvalue weighted by molar-refractivity contribution is 9.09. The normalized spacial score (nSPS) is 11.2. The molecule has 0 saturated carbocycles. The number of unbranched alkanes of at least 4 members (excludes halogenated alkanes) is 5. The van der Waals surface area contributed by atoms with Crippen LogP contribution in [0, 0.1) is 0 Å². The van der Waals surface area contributed by atoms with Crippen LogP contribution in [0.15, 0.2) is 29.4 Å². The molecule has 0 unspecified atom stereocenters. The maximum absolute atomic E-state index is 4.57. The number of thioether (sulfide) groups is 1. The smallest absolute Gasteiger partial charge is 0.166 e. The summed E-state index contributed by atoms with van der Waals surface area (Å²) >= 11 is 5.31. The van der Waals surface area contributed by atoms with Gasteiger partial charge in [-0.15, -0.1) is 0 Å². The first-order chi connectivity index (χ1) is 9.40. The number of rotatable bonds is 9. The summed E-state index contributed by atoms with van der Waals surface area (Å²) in [6, 6.07) is 8.21. The van der Waals surface area contributed by atoms with Crippen LogP contribution in [0.5, 0.6) is 0 Å². The van der Waals surface area contributed by atoms with Crippen molar-refractivity contribution in [3.63, 3.8) is 0 Å². The van der Waals surface area contributed by atoms with E-state index in [9.17, 15) is 0 Å². The molecule has 4 heteroatoms. The first-order valence-corrected chi connectivity index (χ1v) is 9.14. The van der Waals surface area contributed by atoms with Crippen LogP contribution in [-0.2, 0) is 0 Å². The molecule has 0 atom stereocenters. The SMILES string of the molecule is BrCCCCCCCCSc1nc2ccccc2[nH]1. The van der Waals surface area contributed by atoms with E-state index in [0.29, 0.717) is 0 Å². The molecule has 0 bridgehead atoms. The molecule has 0 fully saturated rings. The highest BCUT2D eigenvalue weighted by Crippen LogP contribution is 2.20. The summed E-state index contributed by atoms with van der Waals surface area (Å²) in [5, 5.41) is 2.20. The zero-order chi connectivity index (χ0) is 13.3. The zero-order valence-electron chi connectivity index (χ0n) is 11.2. The van der Waals surface area contributed by atoms with Crippen molar-refractivity contribution in [2.24, 2.45) is 0 Å². The topological polar surface area (TPSA) is 28.7 Å². The van der Waals surface area contributed by atoms with Crippen LogP contribution in [-0.4, -0.2) is 21.1 Å². The largest absolute Gasteiger partial charge is 0.333 e. The van der Waals surface area contributed by atoms with E-state index in [4.69, 9.17) is 0 Å². The summed E-state index contributed by atoms with van der Waals surface area (Å²) < 4.78 is 0. The molecule has 0 aliphatic rings. The van der Waals surface area contributed by atoms with Crippen LogP contribution in [0.3, 0.4) is 0 Å². The Balaban J connectivity index is 1.60. The molecule has 1 aromatic heterocycles. The molecule has 0 aliphatic heterocycles. The monoisotopic (exact) mass is 340 g/mol. The Labute approximate surface area is 127 Å². The number of fused-ring (bicyclic) bond motifs is 1. The van der Waals surface area contributed by atoms with Crippen LogP contribution >= 0.6 is 27.7 Å². The van der Waals surface area contributed by atoms with Crippen molar-refractivity contribution >= 4 is 38.7 Å². The first kappa shape index (κ1) is 14.9. The summed E-state index contributed by atoms with van der Waals surface area (Å²) in [4.78, 5) is 7.93. The molecule has 0 amide bonds. The van der Waals surface area contributed by atoms with Crippen molar-refractivity contribution in [1.29, 1.82) is 0 Å². The molecule has 1 aromatic carbocycles. The minimum Gasteiger partial charge on any atom is -0.333 e. The number of nitrogens with one attached hydrogen (secondary N) is 1. The van der Waals surface area contributed by atoms with E-state index in [1.807, 2.05) is 23.9 Å². The van der Waals surface area contributed by atoms with Gasteiger partial charge < -0.3 is 4.98 Å². The molecule has 2 aromatic rings. The fourth-order valence-electron chi connectivity index (χ4n) is 2.07. The van der Waals surface area contributed by atoms with Crippen LogP contribution in [0.1, 0.15) is 38.5 Å². The molecule has 0 spiro atoms. The zero-order valence-corrected chi connectivity index (χ0v) is 13.6. The van der Waals surface area contributed by atoms with E-state index in [1.165, 1.54) is 38.5 Å². The molecule has 1 N–H and O–H groups in total. The molecule has 1 heterocycles. The Hall–Kier alpha value is -0.480. The van der Waals surface area contributed by atoms with Crippen LogP contribution in [0.4, 0.5) is 0 Å². The summed E-state index contributed by atoms with van der Waals surface area (Å²) in [5.74, 6) is 1.16. The predicted octanol–water partition coefficient (Wildman–Crippen LogP) is 5.39. The fourth-order valence-corrected chi connectivity index (χ4v) is 3.35. The van der Waals surface area contributed by atoms with Gasteiger partial charge in [-0.25, -0.2) is 4.98 Å². The van der Waals surface area contributed by atoms with Gasteiger partial charge >= 0.3 is 0 Å². The number of imidazole rings is 1. The van der Waals surface area contributed by atoms with Crippen molar-refractivity contribution in [2.75, 3.05) is 11.1 Å². The number of aromatic nitrogens is 2. The van der Waals surface area contributed by atoms with Crippen molar-refractivity contribution in [3.05, 3.63) is 24.3 Å². The first-order valence-electron chi connectivity index (χ1n) is 7.03. The highest BCUT2D eigenvalue weighted by Gasteiger charge is 2.01. The van der Waals surface area contributed by atoms with E-state index in [0.717, 1.165) is 27.3 Å². The van der Waals surface area contributed by atoms with E-state index < -0.39 is 0 Å². The Morgan fingerprint density at radius 1 is 1.00 bits per heavy atom. The van der Waals surface area contributed by atoms with Gasteiger partial charge in [-0.1, -0.05) is 65.5 Å². The van der Waals surface area contributed by atoms with Gasteiger partial charge in [0.25, 0.3) is 0 Å². The number of aromatic amines is 1. The lowest BCUT2D eigenvalue weighted by molar-refractivity contribution is 0.630. The molecule has 2 nitrogen and oxygen atoms in total. The number of alkyl halides is 1. The minimum absolute atomic E-state index is 1.06. The van der Waals surface area contributed by atoms with Gasteiger partial charge in [0.2, 0.25) is 0 Å². The Morgan fingerprint density at radius 2 is 1.74 bits per heavy atom. The van der Waals surface area contributed by atoms with E-state index >= 15 is 0 Å². The summed E-state index contributed by atoms with van der Waals surface area (Å²) in [7, 11) is 0. The third-order valence-corrected chi connectivity index (χ3v) is 4.65. The van der Waals surface area contributed by atoms with Gasteiger partial charge in [0, 0.05) is 11.1 Å². The maximum Gasteiger partial charge on any atom is 0.166 e. The second-order valence-electron chi connectivity index (χ2n) is 4.72. The molecule has 0 radical (unpaired) electrons. The predicted molar refractivity (Wildman–Crippen MR) is 88.3 cm³/mol. The van der Waals surface area contributed by atoms with Gasteiger partial charge in [-0.05, 0) is 25.0 Å². The van der Waals surface area contributed by atoms with Gasteiger partial charge in [-0.3, -0.25) is 0 Å². The van der Waals surface area contributed by atoms with Gasteiger partial charge in [0.05, 0.1) is 11.0 Å². The van der Waals surface area contributed by atoms with E-state index in [2.05, 4.69) is 38.0 Å². The lowest BCUT2D eigenvalue weighted by atomic mass is 10.1. The second-order valence-corrected chi connectivity index (χ2v) is 6.59. The van der Waals surface area contributed by atoms with Gasteiger partial charge in [-0.2, -0.15) is 0 Å². The standard InChI is InChI=1S/C15H21BrN2S/c16-11-7-3-1-2-4-8-12-19-15-17-13-9-5-6-10-14(13)18-15/h5-6,9-10H,1-4,7-8,11-12H2,(H,17,18). The van der Waals surface area contributed by atoms with E-state index in [-0.39, 0.29) is 0 Å². The number of benzene rings is 1. The summed E-state index contributed by atoms with van der Waals surface area (Å²) in [6.45, 7) is 0. The highest BCUT2D eigenvalue weighted by atomic mass is 79.9. The molecular formula is C15H21BrN2S. The Bertz CT molecular complexity index is 451. The number of halogens is 1. The third kappa shape index (κ3) is 5.19. The Morgan fingerprint density at radius 3 is 2.53 bits per heavy atom. The van der Waals surface area contributed by atoms with Crippen molar-refractivity contribution in [3.8, 4) is 0 Å². The molecule has 0 aliphatic carbocycles. The molecule has 2 rings (SSSR count). The average Bonchev–Trinajstić information content (AvgIpc) is 2.84. The minimum atomic E-state index is 1.06. The third-order valence-electron chi connectivity index (χ3n) is 3.13. The van der Waals surface area contributed by atoms with Crippen LogP contribution in [0.2, 0.25) is 0 Å². The summed E-state index contributed by atoms with van der Waals surface area (Å²) in [5.41, 5.74) is 2.21. The van der Waals surface area contributed by atoms with E-state index in [1.54, 1.807) is 0 Å². The number of hydrogen-bond donors (Lipinski definition) is 1. The second kappa shape index (κ2) is 8.64. The fraction of sp³-hybridized carbons (Fsp3) is 0.533. The average molecular weight is 341 g/mol. The molecule has 19 heavy (non-hydrogen) atoms. The quantitative estimate of drug-likeness (QED) is 0.376.